The Hall–Kier alpha value is 0.0200. The van der Waals surface area contributed by atoms with Crippen LogP contribution >= 0.6 is 8.25 Å². The number of rotatable bonds is 6. The molecule has 140 valence electrons. The summed E-state index contributed by atoms with van der Waals surface area (Å²) in [4.78, 5) is 0. The van der Waals surface area contributed by atoms with Gasteiger partial charge in [0.25, 0.3) is 0 Å². The summed E-state index contributed by atoms with van der Waals surface area (Å²) in [5.74, 6) is 3.48. The van der Waals surface area contributed by atoms with E-state index in [2.05, 4.69) is 41.5 Å². The van der Waals surface area contributed by atoms with E-state index < -0.39 is 8.25 Å². The molecule has 0 spiro atoms. The van der Waals surface area contributed by atoms with Crippen LogP contribution in [0, 0.1) is 35.5 Å². The molecular weight excluding hydrogens is 319 g/mol. The molecule has 2 fully saturated rings. The summed E-state index contributed by atoms with van der Waals surface area (Å²) in [6, 6.07) is 0. The van der Waals surface area contributed by atoms with Gasteiger partial charge >= 0.3 is 8.25 Å². The summed E-state index contributed by atoms with van der Waals surface area (Å²) >= 11 is 0. The van der Waals surface area contributed by atoms with E-state index in [1.54, 1.807) is 0 Å². The van der Waals surface area contributed by atoms with E-state index in [0.29, 0.717) is 35.5 Å². The van der Waals surface area contributed by atoms with Crippen molar-refractivity contribution in [2.75, 3.05) is 0 Å². The molecule has 2 aliphatic carbocycles. The van der Waals surface area contributed by atoms with Crippen molar-refractivity contribution in [3.63, 3.8) is 0 Å². The first kappa shape index (κ1) is 20.3. The molecular formula is C20H38O3P+. The van der Waals surface area contributed by atoms with Gasteiger partial charge in [-0.25, -0.2) is 0 Å². The quantitative estimate of drug-likeness (QED) is 0.502. The molecule has 0 radical (unpaired) electrons. The second-order valence-electron chi connectivity index (χ2n) is 9.16. The van der Waals surface area contributed by atoms with Crippen LogP contribution in [0.3, 0.4) is 0 Å². The van der Waals surface area contributed by atoms with Crippen LogP contribution in [0.1, 0.15) is 80.1 Å². The molecule has 0 heterocycles. The minimum Gasteiger partial charge on any atom is -0.115 e. The van der Waals surface area contributed by atoms with Gasteiger partial charge in [0.05, 0.1) is 0 Å². The third-order valence-corrected chi connectivity index (χ3v) is 7.25. The zero-order valence-corrected chi connectivity index (χ0v) is 17.4. The van der Waals surface area contributed by atoms with E-state index in [4.69, 9.17) is 9.05 Å². The van der Waals surface area contributed by atoms with E-state index in [1.807, 2.05) is 0 Å². The minimum atomic E-state index is -2.02. The third kappa shape index (κ3) is 5.51. The standard InChI is InChI=1S/C20H38O3P/c1-13(2)17-9-7-15(5)11-19(17)22-24(21)23-20-12-16(6)8-10-18(20)14(3)4/h13-20H,7-12H2,1-6H3/q+1/t15-,16-,17+,18+,19-,20-/m1/s1. The lowest BCUT2D eigenvalue weighted by molar-refractivity contribution is 0.00532. The van der Waals surface area contributed by atoms with Crippen LogP contribution in [0.2, 0.25) is 0 Å². The zero-order valence-electron chi connectivity index (χ0n) is 16.5. The van der Waals surface area contributed by atoms with Gasteiger partial charge in [0.2, 0.25) is 0 Å². The second-order valence-corrected chi connectivity index (χ2v) is 10.0. The SMILES string of the molecule is CC(C)[C@@H]1CC[C@@H](C)C[C@H]1O[P+](=O)O[C@@H]1C[C@H](C)CC[C@H]1C(C)C. The average molecular weight is 357 g/mol. The molecule has 4 heteroatoms. The van der Waals surface area contributed by atoms with Crippen molar-refractivity contribution in [1.29, 1.82) is 0 Å². The molecule has 2 aliphatic rings. The summed E-state index contributed by atoms with van der Waals surface area (Å²) in [5, 5.41) is 0. The first-order valence-corrected chi connectivity index (χ1v) is 11.2. The van der Waals surface area contributed by atoms with Crippen LogP contribution in [-0.4, -0.2) is 12.2 Å². The van der Waals surface area contributed by atoms with Gasteiger partial charge in [-0.15, -0.1) is 9.05 Å². The van der Waals surface area contributed by atoms with Crippen molar-refractivity contribution in [3.05, 3.63) is 0 Å². The van der Waals surface area contributed by atoms with Gasteiger partial charge in [0.15, 0.2) is 0 Å². The highest BCUT2D eigenvalue weighted by Crippen LogP contribution is 2.44. The number of hydrogen-bond acceptors (Lipinski definition) is 3. The predicted molar refractivity (Wildman–Crippen MR) is 100 cm³/mol. The van der Waals surface area contributed by atoms with E-state index >= 15 is 0 Å². The Morgan fingerprint density at radius 3 is 1.46 bits per heavy atom. The predicted octanol–water partition coefficient (Wildman–Crippen LogP) is 6.60. The van der Waals surface area contributed by atoms with Gasteiger partial charge in [-0.3, -0.25) is 0 Å². The highest BCUT2D eigenvalue weighted by molar-refractivity contribution is 7.33. The van der Waals surface area contributed by atoms with Crippen molar-refractivity contribution in [3.8, 4) is 0 Å². The molecule has 0 aliphatic heterocycles. The highest BCUT2D eigenvalue weighted by Gasteiger charge is 2.42. The van der Waals surface area contributed by atoms with Crippen molar-refractivity contribution in [2.45, 2.75) is 92.3 Å². The Morgan fingerprint density at radius 2 is 1.12 bits per heavy atom. The molecule has 0 aromatic rings. The molecule has 0 unspecified atom stereocenters. The topological polar surface area (TPSA) is 35.5 Å². The molecule has 6 atom stereocenters. The van der Waals surface area contributed by atoms with E-state index in [0.717, 1.165) is 12.8 Å². The molecule has 3 nitrogen and oxygen atoms in total. The van der Waals surface area contributed by atoms with Crippen LogP contribution in [0.5, 0.6) is 0 Å². The van der Waals surface area contributed by atoms with Crippen LogP contribution in [0.4, 0.5) is 0 Å². The van der Waals surface area contributed by atoms with E-state index in [9.17, 15) is 4.57 Å². The fraction of sp³-hybridized carbons (Fsp3) is 1.00. The fourth-order valence-corrected chi connectivity index (χ4v) is 5.69. The summed E-state index contributed by atoms with van der Waals surface area (Å²) in [7, 11) is -2.02. The Kier molecular flexibility index (Phi) is 7.71. The van der Waals surface area contributed by atoms with E-state index in [1.165, 1.54) is 25.7 Å². The Labute approximate surface area is 150 Å². The molecule has 0 aromatic carbocycles. The maximum atomic E-state index is 12.6. The molecule has 2 rings (SSSR count). The van der Waals surface area contributed by atoms with Gasteiger partial charge in [-0.1, -0.05) is 54.4 Å². The van der Waals surface area contributed by atoms with Crippen molar-refractivity contribution < 1.29 is 13.6 Å². The molecule has 2 saturated carbocycles. The van der Waals surface area contributed by atoms with Crippen LogP contribution in [0.25, 0.3) is 0 Å². The lowest BCUT2D eigenvalue weighted by atomic mass is 9.75. The van der Waals surface area contributed by atoms with Crippen LogP contribution in [-0.2, 0) is 13.6 Å². The van der Waals surface area contributed by atoms with Gasteiger partial charge < -0.3 is 0 Å². The van der Waals surface area contributed by atoms with Crippen molar-refractivity contribution >= 4 is 8.25 Å². The maximum Gasteiger partial charge on any atom is 0.697 e. The Balaban J connectivity index is 1.94. The molecule has 0 saturated heterocycles. The maximum absolute atomic E-state index is 12.6. The van der Waals surface area contributed by atoms with Gasteiger partial charge in [-0.05, 0) is 61.2 Å². The van der Waals surface area contributed by atoms with Crippen molar-refractivity contribution in [2.24, 2.45) is 35.5 Å². The molecule has 0 amide bonds. The Morgan fingerprint density at radius 1 is 0.750 bits per heavy atom. The smallest absolute Gasteiger partial charge is 0.115 e. The van der Waals surface area contributed by atoms with E-state index in [-0.39, 0.29) is 12.2 Å². The number of hydrogen-bond donors (Lipinski definition) is 0. The highest BCUT2D eigenvalue weighted by atomic mass is 31.1. The summed E-state index contributed by atoms with van der Waals surface area (Å²) in [5.41, 5.74) is 0. The summed E-state index contributed by atoms with van der Waals surface area (Å²) in [6.07, 6.45) is 7.10. The molecule has 24 heavy (non-hydrogen) atoms. The second kappa shape index (κ2) is 9.10. The summed E-state index contributed by atoms with van der Waals surface area (Å²) < 4.78 is 24.6. The zero-order chi connectivity index (χ0) is 17.9. The monoisotopic (exact) mass is 357 g/mol. The lowest BCUT2D eigenvalue weighted by Crippen LogP contribution is -2.35. The van der Waals surface area contributed by atoms with Crippen LogP contribution < -0.4 is 0 Å². The van der Waals surface area contributed by atoms with Gasteiger partial charge in [-0.2, -0.15) is 0 Å². The van der Waals surface area contributed by atoms with Crippen molar-refractivity contribution in [1.82, 2.24) is 0 Å². The third-order valence-electron chi connectivity index (χ3n) is 6.37. The lowest BCUT2D eigenvalue weighted by Gasteiger charge is -2.35. The molecule has 0 bridgehead atoms. The largest absolute Gasteiger partial charge is 0.697 e. The summed E-state index contributed by atoms with van der Waals surface area (Å²) in [6.45, 7) is 13.6. The van der Waals surface area contributed by atoms with Gasteiger partial charge in [0, 0.05) is 4.57 Å². The fourth-order valence-electron chi connectivity index (χ4n) is 4.72. The van der Waals surface area contributed by atoms with Crippen LogP contribution in [0.15, 0.2) is 0 Å². The Bertz CT molecular complexity index is 374. The first-order valence-electron chi connectivity index (χ1n) is 10.1. The minimum absolute atomic E-state index is 0.0934. The average Bonchev–Trinajstić information content (AvgIpc) is 2.46. The molecule has 0 N–H and O–H groups in total. The molecule has 0 aromatic heterocycles. The first-order chi connectivity index (χ1) is 11.3. The normalized spacial score (nSPS) is 37.8. The van der Waals surface area contributed by atoms with Gasteiger partial charge in [0.1, 0.15) is 12.2 Å².